The first-order valence-corrected chi connectivity index (χ1v) is 9.99. The quantitative estimate of drug-likeness (QED) is 0.504. The Kier molecular flexibility index (Phi) is 6.24. The number of carbonyl (C=O) groups is 1. The lowest BCUT2D eigenvalue weighted by Crippen LogP contribution is -2.44. The second kappa shape index (κ2) is 7.95. The van der Waals surface area contributed by atoms with Gasteiger partial charge in [-0.3, -0.25) is 4.79 Å². The van der Waals surface area contributed by atoms with E-state index in [1.807, 2.05) is 0 Å². The molecule has 0 spiro atoms. The molecule has 2 aromatic rings. The second-order valence-electron chi connectivity index (χ2n) is 5.82. The zero-order valence-electron chi connectivity index (χ0n) is 14.7. The van der Waals surface area contributed by atoms with Gasteiger partial charge in [-0.1, -0.05) is 11.6 Å². The number of carbonyl (C=O) groups excluding carboxylic acids is 1. The number of anilines is 1. The molecule has 2 rings (SSSR count). The molecule has 1 amide bonds. The van der Waals surface area contributed by atoms with Crippen LogP contribution in [-0.2, 0) is 14.6 Å². The van der Waals surface area contributed by atoms with E-state index >= 15 is 0 Å². The lowest BCUT2D eigenvalue weighted by atomic mass is 10.3. The highest BCUT2D eigenvalue weighted by molar-refractivity contribution is 7.92. The van der Waals surface area contributed by atoms with E-state index in [0.717, 1.165) is 11.8 Å². The summed E-state index contributed by atoms with van der Waals surface area (Å²) in [7, 11) is -4.78. The Morgan fingerprint density at radius 3 is 2.64 bits per heavy atom. The Hall–Kier alpha value is -2.34. The highest BCUT2D eigenvalue weighted by Gasteiger charge is 2.41. The highest BCUT2D eigenvalue weighted by Crippen LogP contribution is 2.28. The summed E-state index contributed by atoms with van der Waals surface area (Å²) in [5, 5.41) is 13.2. The van der Waals surface area contributed by atoms with E-state index in [9.17, 15) is 31.6 Å². The van der Waals surface area contributed by atoms with Gasteiger partial charge in [-0.05, 0) is 19.9 Å². The molecule has 0 aliphatic carbocycles. The zero-order chi connectivity index (χ0) is 21.3. The molecule has 2 heterocycles. The maximum Gasteiger partial charge on any atom is 0.402 e. The van der Waals surface area contributed by atoms with E-state index < -0.39 is 32.9 Å². The fourth-order valence-electron chi connectivity index (χ4n) is 2.41. The van der Waals surface area contributed by atoms with Crippen LogP contribution in [-0.4, -0.2) is 47.8 Å². The molecule has 0 radical (unpaired) electrons. The minimum Gasteiger partial charge on any atom is -0.619 e. The Morgan fingerprint density at radius 2 is 2.11 bits per heavy atom. The molecule has 8 nitrogen and oxygen atoms in total. The monoisotopic (exact) mass is 440 g/mol. The van der Waals surface area contributed by atoms with Crippen LogP contribution in [0, 0.1) is 5.21 Å². The normalized spacial score (nSPS) is 13.4. The molecule has 1 atom stereocenters. The van der Waals surface area contributed by atoms with Crippen molar-refractivity contribution in [3.63, 3.8) is 0 Å². The molecular weight excluding hydrogens is 425 g/mol. The van der Waals surface area contributed by atoms with Crippen LogP contribution in [0.4, 0.5) is 18.9 Å². The summed E-state index contributed by atoms with van der Waals surface area (Å²) in [6.45, 7) is 2.33. The van der Waals surface area contributed by atoms with Gasteiger partial charge in [-0.2, -0.15) is 23.0 Å². The molecule has 0 aliphatic heterocycles. The number of rotatable bonds is 6. The highest BCUT2D eigenvalue weighted by atomic mass is 35.5. The number of sulfone groups is 1. The third-order valence-electron chi connectivity index (χ3n) is 3.80. The summed E-state index contributed by atoms with van der Waals surface area (Å²) in [5.74, 6) is -3.18. The van der Waals surface area contributed by atoms with Crippen LogP contribution in [0.1, 0.15) is 13.8 Å². The molecule has 154 valence electrons. The summed E-state index contributed by atoms with van der Waals surface area (Å²) in [5.41, 5.74) is 0.316. The van der Waals surface area contributed by atoms with Crippen LogP contribution in [0.25, 0.3) is 5.69 Å². The van der Waals surface area contributed by atoms with E-state index in [1.54, 1.807) is 0 Å². The lowest BCUT2D eigenvalue weighted by Gasteiger charge is -2.23. The molecule has 0 saturated carbocycles. The number of alkyl halides is 3. The van der Waals surface area contributed by atoms with Gasteiger partial charge >= 0.3 is 6.18 Å². The Labute approximate surface area is 163 Å². The fraction of sp³-hybridized carbons (Fsp3) is 0.400. The predicted molar refractivity (Wildman–Crippen MR) is 94.9 cm³/mol. The topological polar surface area (TPSA) is 99.2 Å². The molecule has 0 aromatic carbocycles. The Morgan fingerprint density at radius 1 is 1.46 bits per heavy atom. The van der Waals surface area contributed by atoms with Gasteiger partial charge < -0.3 is 10.1 Å². The molecule has 0 fully saturated rings. The maximum absolute atomic E-state index is 12.6. The first kappa shape index (κ1) is 22.0. The minimum atomic E-state index is -4.96. The molecule has 0 aliphatic rings. The van der Waals surface area contributed by atoms with Crippen molar-refractivity contribution in [3.8, 4) is 5.69 Å². The fourth-order valence-corrected chi connectivity index (χ4v) is 3.78. The number of halogens is 4. The number of pyridine rings is 1. The van der Waals surface area contributed by atoms with Gasteiger partial charge in [-0.25, -0.2) is 13.1 Å². The van der Waals surface area contributed by atoms with Crippen LogP contribution in [0.15, 0.2) is 30.7 Å². The molecule has 0 saturated heterocycles. The summed E-state index contributed by atoms with van der Waals surface area (Å²) in [6, 6.07) is 2.99. The number of aromatic nitrogens is 3. The van der Waals surface area contributed by atoms with Gasteiger partial charge in [0.1, 0.15) is 22.4 Å². The van der Waals surface area contributed by atoms with Crippen LogP contribution in [0.5, 0.6) is 0 Å². The first-order chi connectivity index (χ1) is 12.9. The van der Waals surface area contributed by atoms with Gasteiger partial charge in [0.05, 0.1) is 6.20 Å². The molecular formula is C15H16ClF3N4O4S. The van der Waals surface area contributed by atoms with Crippen molar-refractivity contribution >= 4 is 33.0 Å². The van der Waals surface area contributed by atoms with Gasteiger partial charge in [0.2, 0.25) is 12.1 Å². The summed E-state index contributed by atoms with van der Waals surface area (Å²) < 4.78 is 63.1. The van der Waals surface area contributed by atoms with E-state index in [1.165, 1.54) is 42.3 Å². The molecule has 0 bridgehead atoms. The van der Waals surface area contributed by atoms with Crippen molar-refractivity contribution in [1.82, 2.24) is 9.78 Å². The third-order valence-corrected chi connectivity index (χ3v) is 6.08. The molecule has 1 unspecified atom stereocenters. The van der Waals surface area contributed by atoms with E-state index in [4.69, 9.17) is 11.6 Å². The number of nitrogens with zero attached hydrogens (tertiary/aromatic N) is 4. The Balaban J connectivity index is 2.36. The number of amides is 1. The molecule has 2 aromatic heterocycles. The predicted octanol–water partition coefficient (Wildman–Crippen LogP) is 1.88. The van der Waals surface area contributed by atoms with Gasteiger partial charge in [0, 0.05) is 12.6 Å². The number of hydrogen-bond acceptors (Lipinski definition) is 5. The van der Waals surface area contributed by atoms with Crippen molar-refractivity contribution in [1.29, 1.82) is 0 Å². The molecule has 0 N–H and O–H groups in total. The van der Waals surface area contributed by atoms with E-state index in [-0.39, 0.29) is 17.4 Å². The SMILES string of the molecule is CCN(C(=O)C(C)S(=O)(=O)CC(F)(F)F)c1cn(-c2ccc[n+]([O-])c2)nc1Cl. The van der Waals surface area contributed by atoms with Crippen LogP contribution < -0.4 is 9.63 Å². The Bertz CT molecular complexity index is 978. The standard InChI is InChI=1S/C15H16ClF3N4O4S/c1-3-22(14(24)10(2)28(26,27)9-15(17,18)19)12-8-23(20-13(12)16)11-5-4-6-21(25)7-11/h4-8,10H,3,9H2,1-2H3. The lowest BCUT2D eigenvalue weighted by molar-refractivity contribution is -0.605. The van der Waals surface area contributed by atoms with Crippen LogP contribution in [0.2, 0.25) is 5.15 Å². The van der Waals surface area contributed by atoms with Gasteiger partial charge in [0.15, 0.2) is 21.2 Å². The average Bonchev–Trinajstić information content (AvgIpc) is 2.94. The van der Waals surface area contributed by atoms with Crippen molar-refractivity contribution in [3.05, 3.63) is 41.1 Å². The second-order valence-corrected chi connectivity index (χ2v) is 8.50. The van der Waals surface area contributed by atoms with Crippen molar-refractivity contribution in [2.24, 2.45) is 0 Å². The molecule has 13 heteroatoms. The van der Waals surface area contributed by atoms with Crippen LogP contribution >= 0.6 is 11.6 Å². The summed E-state index contributed by atoms with van der Waals surface area (Å²) in [6.07, 6.45) is -1.26. The average molecular weight is 441 g/mol. The van der Waals surface area contributed by atoms with Crippen LogP contribution in [0.3, 0.4) is 0 Å². The van der Waals surface area contributed by atoms with Crippen molar-refractivity contribution < 1.29 is 31.1 Å². The number of hydrogen-bond donors (Lipinski definition) is 0. The van der Waals surface area contributed by atoms with Gasteiger partial charge in [-0.15, -0.1) is 0 Å². The smallest absolute Gasteiger partial charge is 0.402 e. The first-order valence-electron chi connectivity index (χ1n) is 7.89. The van der Waals surface area contributed by atoms with Crippen molar-refractivity contribution in [2.75, 3.05) is 17.2 Å². The maximum atomic E-state index is 12.6. The summed E-state index contributed by atoms with van der Waals surface area (Å²) >= 11 is 6.04. The zero-order valence-corrected chi connectivity index (χ0v) is 16.3. The minimum absolute atomic E-state index is 0.00419. The summed E-state index contributed by atoms with van der Waals surface area (Å²) in [4.78, 5) is 13.5. The third kappa shape index (κ3) is 4.93. The largest absolute Gasteiger partial charge is 0.619 e. The van der Waals surface area contributed by atoms with E-state index in [2.05, 4.69) is 5.10 Å². The van der Waals surface area contributed by atoms with Crippen molar-refractivity contribution in [2.45, 2.75) is 25.3 Å². The molecule has 28 heavy (non-hydrogen) atoms. The van der Waals surface area contributed by atoms with Gasteiger partial charge in [0.25, 0.3) is 0 Å². The van der Waals surface area contributed by atoms with E-state index in [0.29, 0.717) is 10.4 Å².